The molecule has 0 saturated carbocycles. The van der Waals surface area contributed by atoms with Gasteiger partial charge in [-0.25, -0.2) is 0 Å². The fourth-order valence-corrected chi connectivity index (χ4v) is 5.20. The Morgan fingerprint density at radius 3 is 1.51 bits per heavy atom. The first-order valence-electron chi connectivity index (χ1n) is 12.6. The molecule has 0 spiro atoms. The van der Waals surface area contributed by atoms with Gasteiger partial charge in [-0.1, -0.05) is 36.4 Å². The summed E-state index contributed by atoms with van der Waals surface area (Å²) in [6, 6.07) is 20.2. The number of hydrogen-bond donors (Lipinski definition) is 1. The Morgan fingerprint density at radius 1 is 0.649 bits per heavy atom. The standard InChI is InChI=1S/C30H27N5O2/c31-15-7-1-9-17-34-19-23(21-11-3-5-13-25(21)34)27-28(30(37)33-29(27)36)24-20-35(18-10-2-8-16-32)26-14-6-4-12-22(24)26/h3-6,11-14,19-20H,1-2,7-10,17-18H2,(H,33,36,37). The molecule has 2 aromatic carbocycles. The van der Waals surface area contributed by atoms with E-state index in [9.17, 15) is 9.59 Å². The van der Waals surface area contributed by atoms with E-state index < -0.39 is 11.8 Å². The average molecular weight is 490 g/mol. The minimum atomic E-state index is -0.391. The molecule has 7 nitrogen and oxygen atoms in total. The van der Waals surface area contributed by atoms with Gasteiger partial charge < -0.3 is 9.13 Å². The summed E-state index contributed by atoms with van der Waals surface area (Å²) in [6.45, 7) is 1.45. The smallest absolute Gasteiger partial charge is 0.259 e. The lowest BCUT2D eigenvalue weighted by Gasteiger charge is -2.04. The summed E-state index contributed by atoms with van der Waals surface area (Å²) in [7, 11) is 0. The Kier molecular flexibility index (Phi) is 6.87. The van der Waals surface area contributed by atoms with E-state index in [0.717, 1.165) is 71.7 Å². The molecule has 5 rings (SSSR count). The van der Waals surface area contributed by atoms with Crippen LogP contribution in [0.5, 0.6) is 0 Å². The molecule has 1 aliphatic rings. The number of nitriles is 2. The van der Waals surface area contributed by atoms with E-state index in [1.807, 2.05) is 60.9 Å². The van der Waals surface area contributed by atoms with Gasteiger partial charge in [0.25, 0.3) is 11.8 Å². The lowest BCUT2D eigenvalue weighted by atomic mass is 9.95. The molecule has 184 valence electrons. The van der Waals surface area contributed by atoms with Crippen molar-refractivity contribution in [2.24, 2.45) is 0 Å². The number of rotatable bonds is 10. The van der Waals surface area contributed by atoms with Gasteiger partial charge in [0, 0.05) is 71.3 Å². The maximum atomic E-state index is 13.2. The van der Waals surface area contributed by atoms with Crippen molar-refractivity contribution in [1.29, 1.82) is 10.5 Å². The molecule has 0 atom stereocenters. The summed E-state index contributed by atoms with van der Waals surface area (Å²) >= 11 is 0. The number of carbonyl (C=O) groups excluding carboxylic acids is 2. The summed E-state index contributed by atoms with van der Waals surface area (Å²) < 4.78 is 4.22. The van der Waals surface area contributed by atoms with E-state index >= 15 is 0 Å². The van der Waals surface area contributed by atoms with Gasteiger partial charge in [0.15, 0.2) is 0 Å². The number of para-hydroxylation sites is 2. The summed E-state index contributed by atoms with van der Waals surface area (Å²) in [5.74, 6) is -0.781. The van der Waals surface area contributed by atoms with Gasteiger partial charge in [-0.15, -0.1) is 0 Å². The maximum Gasteiger partial charge on any atom is 0.259 e. The third-order valence-corrected chi connectivity index (χ3v) is 6.92. The second kappa shape index (κ2) is 10.6. The number of carbonyl (C=O) groups is 2. The quantitative estimate of drug-likeness (QED) is 0.233. The number of aromatic nitrogens is 2. The molecule has 7 heteroatoms. The lowest BCUT2D eigenvalue weighted by Crippen LogP contribution is -2.22. The van der Waals surface area contributed by atoms with Crippen LogP contribution in [-0.4, -0.2) is 20.9 Å². The first kappa shape index (κ1) is 24.1. The zero-order valence-electron chi connectivity index (χ0n) is 20.5. The Bertz CT molecular complexity index is 1500. The lowest BCUT2D eigenvalue weighted by molar-refractivity contribution is -0.122. The molecule has 0 bridgehead atoms. The second-order valence-electron chi connectivity index (χ2n) is 9.27. The topological polar surface area (TPSA) is 104 Å². The number of fused-ring (bicyclic) bond motifs is 2. The Hall–Kier alpha value is -4.62. The Balaban J connectivity index is 1.64. The molecule has 2 aromatic heterocycles. The molecule has 37 heavy (non-hydrogen) atoms. The molecule has 1 N–H and O–H groups in total. The predicted molar refractivity (Wildman–Crippen MR) is 143 cm³/mol. The van der Waals surface area contributed by atoms with E-state index in [1.165, 1.54) is 0 Å². The molecule has 1 aliphatic heterocycles. The van der Waals surface area contributed by atoms with Crippen molar-refractivity contribution in [3.05, 3.63) is 72.1 Å². The van der Waals surface area contributed by atoms with Gasteiger partial charge in [-0.3, -0.25) is 14.9 Å². The SMILES string of the molecule is N#CCCCCn1cc(C2=C(c3cn(CCCCC#N)c4ccccc34)C(=O)NC2=O)c2ccccc21. The van der Waals surface area contributed by atoms with Crippen LogP contribution < -0.4 is 5.32 Å². The molecule has 0 unspecified atom stereocenters. The number of nitrogens with zero attached hydrogens (tertiary/aromatic N) is 4. The van der Waals surface area contributed by atoms with E-state index in [4.69, 9.17) is 10.5 Å². The van der Waals surface area contributed by atoms with Crippen LogP contribution in [0.3, 0.4) is 0 Å². The minimum Gasteiger partial charge on any atom is -0.347 e. The third kappa shape index (κ3) is 4.52. The van der Waals surface area contributed by atoms with Crippen LogP contribution in [0.25, 0.3) is 33.0 Å². The van der Waals surface area contributed by atoms with Gasteiger partial charge >= 0.3 is 0 Å². The van der Waals surface area contributed by atoms with Crippen LogP contribution in [0.4, 0.5) is 0 Å². The molecule has 2 amide bonds. The predicted octanol–water partition coefficient (Wildman–Crippen LogP) is 5.55. The van der Waals surface area contributed by atoms with E-state index in [1.54, 1.807) is 0 Å². The molecule has 0 fully saturated rings. The zero-order chi connectivity index (χ0) is 25.8. The van der Waals surface area contributed by atoms with Crippen LogP contribution >= 0.6 is 0 Å². The Labute approximate surface area is 215 Å². The summed E-state index contributed by atoms with van der Waals surface area (Å²) in [4.78, 5) is 26.5. The van der Waals surface area contributed by atoms with Crippen LogP contribution in [0.15, 0.2) is 60.9 Å². The molecule has 0 radical (unpaired) electrons. The van der Waals surface area contributed by atoms with Crippen molar-refractivity contribution < 1.29 is 9.59 Å². The van der Waals surface area contributed by atoms with Gasteiger partial charge in [-0.05, 0) is 37.8 Å². The molecule has 3 heterocycles. The number of imide groups is 1. The van der Waals surface area contributed by atoms with Crippen molar-refractivity contribution in [3.63, 3.8) is 0 Å². The van der Waals surface area contributed by atoms with Crippen molar-refractivity contribution >= 4 is 44.8 Å². The van der Waals surface area contributed by atoms with Crippen LogP contribution in [0, 0.1) is 22.7 Å². The number of hydrogen-bond acceptors (Lipinski definition) is 4. The fraction of sp³-hybridized carbons (Fsp3) is 0.267. The minimum absolute atomic E-state index is 0.391. The monoisotopic (exact) mass is 489 g/mol. The number of nitrogens with one attached hydrogen (secondary N) is 1. The van der Waals surface area contributed by atoms with Gasteiger partial charge in [-0.2, -0.15) is 10.5 Å². The van der Waals surface area contributed by atoms with Gasteiger partial charge in [0.05, 0.1) is 23.3 Å². The highest BCUT2D eigenvalue weighted by atomic mass is 16.2. The van der Waals surface area contributed by atoms with Crippen LogP contribution in [0.1, 0.15) is 49.7 Å². The van der Waals surface area contributed by atoms with Crippen molar-refractivity contribution in [2.75, 3.05) is 0 Å². The normalized spacial score (nSPS) is 13.4. The molecule has 4 aromatic rings. The summed E-state index contributed by atoms with van der Waals surface area (Å²) in [5, 5.41) is 22.1. The molecule has 0 saturated heterocycles. The van der Waals surface area contributed by atoms with Gasteiger partial charge in [0.1, 0.15) is 0 Å². The number of unbranched alkanes of at least 4 members (excludes halogenated alkanes) is 4. The fourth-order valence-electron chi connectivity index (χ4n) is 5.20. The number of amides is 2. The highest BCUT2D eigenvalue weighted by Gasteiger charge is 2.35. The summed E-state index contributed by atoms with van der Waals surface area (Å²) in [5.41, 5.74) is 4.25. The molecular weight excluding hydrogens is 462 g/mol. The largest absolute Gasteiger partial charge is 0.347 e. The summed E-state index contributed by atoms with van der Waals surface area (Å²) in [6.07, 6.45) is 8.26. The number of aryl methyl sites for hydroxylation is 2. The van der Waals surface area contributed by atoms with E-state index in [-0.39, 0.29) is 0 Å². The van der Waals surface area contributed by atoms with Gasteiger partial charge in [0.2, 0.25) is 0 Å². The highest BCUT2D eigenvalue weighted by molar-refractivity contribution is 6.50. The zero-order valence-corrected chi connectivity index (χ0v) is 20.5. The molecular formula is C30H27N5O2. The van der Waals surface area contributed by atoms with Crippen LogP contribution in [0.2, 0.25) is 0 Å². The average Bonchev–Trinajstić information content (AvgIpc) is 3.55. The maximum absolute atomic E-state index is 13.2. The third-order valence-electron chi connectivity index (χ3n) is 6.92. The van der Waals surface area contributed by atoms with Crippen molar-refractivity contribution in [3.8, 4) is 12.1 Å². The first-order valence-corrected chi connectivity index (χ1v) is 12.6. The molecule has 0 aliphatic carbocycles. The van der Waals surface area contributed by atoms with E-state index in [0.29, 0.717) is 24.0 Å². The van der Waals surface area contributed by atoms with Crippen molar-refractivity contribution in [2.45, 2.75) is 51.6 Å². The van der Waals surface area contributed by atoms with Crippen LogP contribution in [-0.2, 0) is 22.7 Å². The Morgan fingerprint density at radius 2 is 1.08 bits per heavy atom. The van der Waals surface area contributed by atoms with Crippen molar-refractivity contribution in [1.82, 2.24) is 14.5 Å². The highest BCUT2D eigenvalue weighted by Crippen LogP contribution is 2.39. The van der Waals surface area contributed by atoms with E-state index in [2.05, 4.69) is 26.6 Å². The number of benzene rings is 2. The first-order chi connectivity index (χ1) is 18.1. The second-order valence-corrected chi connectivity index (χ2v) is 9.27.